The number of hydrogen-bond acceptors (Lipinski definition) is 6. The van der Waals surface area contributed by atoms with E-state index in [0.29, 0.717) is 30.3 Å². The summed E-state index contributed by atoms with van der Waals surface area (Å²) in [6.07, 6.45) is 0.999. The maximum absolute atomic E-state index is 12.1. The van der Waals surface area contributed by atoms with Crippen LogP contribution in [0.1, 0.15) is 28.5 Å². The highest BCUT2D eigenvalue weighted by Crippen LogP contribution is 2.29. The van der Waals surface area contributed by atoms with Crippen molar-refractivity contribution in [2.75, 3.05) is 13.2 Å². The molecule has 116 valence electrons. The van der Waals surface area contributed by atoms with E-state index in [1.165, 1.54) is 0 Å². The van der Waals surface area contributed by atoms with Crippen LogP contribution >= 0.6 is 0 Å². The number of rotatable bonds is 5. The van der Waals surface area contributed by atoms with Crippen molar-refractivity contribution in [3.05, 3.63) is 35.0 Å². The molecule has 7 heteroatoms. The first-order valence-electron chi connectivity index (χ1n) is 7.13. The maximum Gasteiger partial charge on any atom is 0.278 e. The molecule has 1 aromatic heterocycles. The van der Waals surface area contributed by atoms with Crippen LogP contribution in [0, 0.1) is 6.92 Å². The van der Waals surface area contributed by atoms with Gasteiger partial charge in [-0.3, -0.25) is 4.79 Å². The Morgan fingerprint density at radius 3 is 3.09 bits per heavy atom. The number of nitrogens with zero attached hydrogens (tertiary/aromatic N) is 2. The van der Waals surface area contributed by atoms with Crippen LogP contribution in [-0.4, -0.2) is 35.5 Å². The first-order chi connectivity index (χ1) is 10.6. The molecule has 1 aliphatic rings. The summed E-state index contributed by atoms with van der Waals surface area (Å²) in [6.45, 7) is 4.41. The average molecular weight is 303 g/mol. The summed E-state index contributed by atoms with van der Waals surface area (Å²) in [6, 6.07) is 5.48. The van der Waals surface area contributed by atoms with Gasteiger partial charge in [0.15, 0.2) is 0 Å². The SMILES string of the molecule is Cc1nonc1OCCNC(=O)c1ccc2c(c1)C[C@@H](C)O2. The molecule has 1 amide bonds. The summed E-state index contributed by atoms with van der Waals surface area (Å²) >= 11 is 0. The number of ether oxygens (including phenoxy) is 2. The van der Waals surface area contributed by atoms with Gasteiger partial charge in [-0.15, -0.1) is 0 Å². The van der Waals surface area contributed by atoms with Crippen LogP contribution in [0.15, 0.2) is 22.8 Å². The zero-order valence-corrected chi connectivity index (χ0v) is 12.5. The van der Waals surface area contributed by atoms with Crippen molar-refractivity contribution in [1.82, 2.24) is 15.6 Å². The summed E-state index contributed by atoms with van der Waals surface area (Å²) in [7, 11) is 0. The molecule has 1 aliphatic heterocycles. The smallest absolute Gasteiger partial charge is 0.278 e. The van der Waals surface area contributed by atoms with Gasteiger partial charge in [0.05, 0.1) is 6.54 Å². The lowest BCUT2D eigenvalue weighted by atomic mass is 10.1. The van der Waals surface area contributed by atoms with Crippen molar-refractivity contribution >= 4 is 5.91 Å². The molecular weight excluding hydrogens is 286 g/mol. The van der Waals surface area contributed by atoms with Gasteiger partial charge in [0, 0.05) is 12.0 Å². The normalized spacial score (nSPS) is 16.0. The number of nitrogens with one attached hydrogen (secondary N) is 1. The minimum Gasteiger partial charge on any atom is -0.490 e. The predicted octanol–water partition coefficient (Wildman–Crippen LogP) is 1.51. The lowest BCUT2D eigenvalue weighted by molar-refractivity contribution is 0.0946. The molecule has 0 aliphatic carbocycles. The Kier molecular flexibility index (Phi) is 3.95. The first-order valence-corrected chi connectivity index (χ1v) is 7.13. The fraction of sp³-hybridized carbons (Fsp3) is 0.400. The summed E-state index contributed by atoms with van der Waals surface area (Å²) in [4.78, 5) is 12.1. The Labute approximate surface area is 127 Å². The molecule has 2 aromatic rings. The average Bonchev–Trinajstić information content (AvgIpc) is 3.07. The molecule has 0 fully saturated rings. The van der Waals surface area contributed by atoms with Crippen LogP contribution in [0.3, 0.4) is 0 Å². The number of fused-ring (bicyclic) bond motifs is 1. The number of amides is 1. The minimum absolute atomic E-state index is 0.138. The lowest BCUT2D eigenvalue weighted by Crippen LogP contribution is -2.28. The van der Waals surface area contributed by atoms with Crippen LogP contribution in [0.4, 0.5) is 0 Å². The number of hydrogen-bond donors (Lipinski definition) is 1. The summed E-state index contributed by atoms with van der Waals surface area (Å²) in [5, 5.41) is 10.0. The van der Waals surface area contributed by atoms with Gasteiger partial charge in [-0.25, -0.2) is 4.63 Å². The monoisotopic (exact) mass is 303 g/mol. The van der Waals surface area contributed by atoms with Crippen molar-refractivity contribution in [2.45, 2.75) is 26.4 Å². The standard InChI is InChI=1S/C15H17N3O4/c1-9-7-12-8-11(3-4-13(12)21-9)14(19)16-5-6-20-15-10(2)17-22-18-15/h3-4,8-9H,5-7H2,1-2H3,(H,16,19)/t9-/m1/s1. The second-order valence-electron chi connectivity index (χ2n) is 5.21. The second-order valence-corrected chi connectivity index (χ2v) is 5.21. The van der Waals surface area contributed by atoms with Gasteiger partial charge in [-0.2, -0.15) is 0 Å². The number of aryl methyl sites for hydroxylation is 1. The summed E-state index contributed by atoms with van der Waals surface area (Å²) < 4.78 is 15.5. The lowest BCUT2D eigenvalue weighted by Gasteiger charge is -2.07. The Morgan fingerprint density at radius 1 is 1.45 bits per heavy atom. The fourth-order valence-electron chi connectivity index (χ4n) is 2.33. The molecule has 2 heterocycles. The van der Waals surface area contributed by atoms with E-state index in [-0.39, 0.29) is 12.0 Å². The van der Waals surface area contributed by atoms with E-state index in [0.717, 1.165) is 17.7 Å². The highest BCUT2D eigenvalue weighted by molar-refractivity contribution is 5.94. The topological polar surface area (TPSA) is 86.5 Å². The molecule has 0 saturated heterocycles. The van der Waals surface area contributed by atoms with Gasteiger partial charge in [0.25, 0.3) is 11.8 Å². The summed E-state index contributed by atoms with van der Waals surface area (Å²) in [5.74, 6) is 1.07. The van der Waals surface area contributed by atoms with E-state index >= 15 is 0 Å². The third-order valence-electron chi connectivity index (χ3n) is 3.40. The van der Waals surface area contributed by atoms with E-state index in [1.54, 1.807) is 13.0 Å². The van der Waals surface area contributed by atoms with E-state index in [9.17, 15) is 4.79 Å². The van der Waals surface area contributed by atoms with Gasteiger partial charge in [-0.1, -0.05) is 5.16 Å². The number of carbonyl (C=O) groups excluding carboxylic acids is 1. The summed E-state index contributed by atoms with van der Waals surface area (Å²) in [5.41, 5.74) is 2.27. The van der Waals surface area contributed by atoms with Gasteiger partial charge in [-0.05, 0) is 42.8 Å². The van der Waals surface area contributed by atoms with Gasteiger partial charge in [0.2, 0.25) is 0 Å². The van der Waals surface area contributed by atoms with Crippen molar-refractivity contribution in [1.29, 1.82) is 0 Å². The van der Waals surface area contributed by atoms with Gasteiger partial charge >= 0.3 is 0 Å². The highest BCUT2D eigenvalue weighted by atomic mass is 16.6. The zero-order valence-electron chi connectivity index (χ0n) is 12.5. The molecule has 0 unspecified atom stereocenters. The second kappa shape index (κ2) is 6.05. The molecule has 1 aromatic carbocycles. The number of benzene rings is 1. The maximum atomic E-state index is 12.1. The fourth-order valence-corrected chi connectivity index (χ4v) is 2.33. The van der Waals surface area contributed by atoms with Gasteiger partial charge in [0.1, 0.15) is 24.2 Å². The van der Waals surface area contributed by atoms with E-state index in [4.69, 9.17) is 9.47 Å². The van der Waals surface area contributed by atoms with Crippen molar-refractivity contribution in [3.63, 3.8) is 0 Å². The molecule has 0 saturated carbocycles. The van der Waals surface area contributed by atoms with Crippen LogP contribution < -0.4 is 14.8 Å². The van der Waals surface area contributed by atoms with Crippen LogP contribution in [0.5, 0.6) is 11.6 Å². The molecule has 0 radical (unpaired) electrons. The third-order valence-corrected chi connectivity index (χ3v) is 3.40. The molecule has 7 nitrogen and oxygen atoms in total. The Morgan fingerprint density at radius 2 is 2.32 bits per heavy atom. The zero-order chi connectivity index (χ0) is 15.5. The number of aromatic nitrogens is 2. The van der Waals surface area contributed by atoms with E-state index in [1.807, 2.05) is 19.1 Å². The van der Waals surface area contributed by atoms with E-state index < -0.39 is 0 Å². The molecule has 0 spiro atoms. The number of carbonyl (C=O) groups is 1. The minimum atomic E-state index is -0.138. The molecule has 1 N–H and O–H groups in total. The molecule has 22 heavy (non-hydrogen) atoms. The molecule has 1 atom stereocenters. The highest BCUT2D eigenvalue weighted by Gasteiger charge is 2.20. The predicted molar refractivity (Wildman–Crippen MR) is 77.1 cm³/mol. The third kappa shape index (κ3) is 3.03. The Balaban J connectivity index is 1.50. The van der Waals surface area contributed by atoms with Crippen molar-refractivity contribution in [2.24, 2.45) is 0 Å². The Bertz CT molecular complexity index is 683. The van der Waals surface area contributed by atoms with Crippen molar-refractivity contribution in [3.8, 4) is 11.6 Å². The largest absolute Gasteiger partial charge is 0.490 e. The quantitative estimate of drug-likeness (QED) is 0.843. The first kappa shape index (κ1) is 14.4. The van der Waals surface area contributed by atoms with Crippen LogP contribution in [0.2, 0.25) is 0 Å². The molecule has 3 rings (SSSR count). The van der Waals surface area contributed by atoms with Gasteiger partial charge < -0.3 is 14.8 Å². The molecular formula is C15H17N3O4. The van der Waals surface area contributed by atoms with Crippen molar-refractivity contribution < 1.29 is 18.9 Å². The Hall–Kier alpha value is -2.57. The van der Waals surface area contributed by atoms with Crippen LogP contribution in [0.25, 0.3) is 0 Å². The van der Waals surface area contributed by atoms with E-state index in [2.05, 4.69) is 20.3 Å². The molecule has 0 bridgehead atoms. The van der Waals surface area contributed by atoms with Crippen LogP contribution in [-0.2, 0) is 6.42 Å².